The molecule has 0 unspecified atom stereocenters. The van der Waals surface area contributed by atoms with Crippen LogP contribution in [-0.2, 0) is 0 Å². The third kappa shape index (κ3) is 5.09. The van der Waals surface area contributed by atoms with Crippen molar-refractivity contribution in [3.8, 4) is 50.8 Å². The smallest absolute Gasteiger partial charge is 0.237 e. The van der Waals surface area contributed by atoms with Crippen molar-refractivity contribution in [1.82, 2.24) is 23.7 Å². The summed E-state index contributed by atoms with van der Waals surface area (Å²) in [6.07, 6.45) is 4.28. The van der Waals surface area contributed by atoms with Gasteiger partial charge >= 0.3 is 0 Å². The minimum atomic E-state index is 0.621. The van der Waals surface area contributed by atoms with E-state index in [0.717, 1.165) is 88.6 Å². The van der Waals surface area contributed by atoms with Crippen molar-refractivity contribution in [3.63, 3.8) is 0 Å². The molecule has 0 amide bonds. The van der Waals surface area contributed by atoms with Gasteiger partial charge in [0.15, 0.2) is 5.65 Å². The zero-order valence-corrected chi connectivity index (χ0v) is 29.8. The predicted octanol–water partition coefficient (Wildman–Crippen LogP) is 12.5. The zero-order chi connectivity index (χ0) is 36.3. The maximum Gasteiger partial charge on any atom is 0.237 e. The average molecular weight is 704 g/mol. The summed E-state index contributed by atoms with van der Waals surface area (Å²) in [5, 5.41) is 4.44. The first-order valence-electron chi connectivity index (χ1n) is 18.6. The highest BCUT2D eigenvalue weighted by Crippen LogP contribution is 2.40. The first kappa shape index (κ1) is 31.1. The van der Waals surface area contributed by atoms with Crippen LogP contribution in [0.15, 0.2) is 200 Å². The molecule has 5 heteroatoms. The molecule has 11 rings (SSSR count). The maximum absolute atomic E-state index is 5.59. The fourth-order valence-electron chi connectivity index (χ4n) is 8.18. The number of hydrogen-bond acceptors (Lipinski definition) is 2. The van der Waals surface area contributed by atoms with Gasteiger partial charge < -0.3 is 9.13 Å². The van der Waals surface area contributed by atoms with E-state index >= 15 is 0 Å². The fourth-order valence-corrected chi connectivity index (χ4v) is 8.18. The van der Waals surface area contributed by atoms with Gasteiger partial charge in [-0.15, -0.1) is 0 Å². The Hall–Kier alpha value is -7.50. The van der Waals surface area contributed by atoms with Gasteiger partial charge in [-0.25, -0.2) is 4.98 Å². The predicted molar refractivity (Wildman–Crippen MR) is 226 cm³/mol. The summed E-state index contributed by atoms with van der Waals surface area (Å²) in [6, 6.07) is 66.5. The summed E-state index contributed by atoms with van der Waals surface area (Å²) in [5.41, 5.74) is 12.8. The topological polar surface area (TPSA) is 40.6 Å². The molecule has 0 aliphatic heterocycles. The van der Waals surface area contributed by atoms with Crippen LogP contribution in [0.2, 0.25) is 0 Å². The number of nitrogens with zero attached hydrogens (tertiary/aromatic N) is 5. The molecule has 0 atom stereocenters. The van der Waals surface area contributed by atoms with Crippen LogP contribution in [0.5, 0.6) is 0 Å². The Bertz CT molecular complexity index is 3120. The second-order valence-corrected chi connectivity index (χ2v) is 13.9. The Kier molecular flexibility index (Phi) is 7.10. The van der Waals surface area contributed by atoms with E-state index in [1.165, 1.54) is 0 Å². The lowest BCUT2D eigenvalue weighted by Crippen LogP contribution is -2.05. The van der Waals surface area contributed by atoms with E-state index < -0.39 is 0 Å². The Morgan fingerprint density at radius 3 is 1.56 bits per heavy atom. The van der Waals surface area contributed by atoms with Gasteiger partial charge in [0.1, 0.15) is 0 Å². The van der Waals surface area contributed by atoms with Crippen molar-refractivity contribution < 1.29 is 0 Å². The molecule has 0 saturated carbocycles. The Morgan fingerprint density at radius 2 is 0.891 bits per heavy atom. The lowest BCUT2D eigenvalue weighted by atomic mass is 9.94. The summed E-state index contributed by atoms with van der Waals surface area (Å²) in [4.78, 5) is 11.1. The first-order chi connectivity index (χ1) is 27.3. The number of aromatic nitrogens is 5. The van der Waals surface area contributed by atoms with Gasteiger partial charge in [0.25, 0.3) is 0 Å². The molecule has 4 heterocycles. The van der Waals surface area contributed by atoms with E-state index in [0.29, 0.717) is 5.95 Å². The highest BCUT2D eigenvalue weighted by atomic mass is 15.2. The molecular formula is C50H33N5. The van der Waals surface area contributed by atoms with Crippen LogP contribution in [0.25, 0.3) is 94.6 Å². The quantitative estimate of drug-likeness (QED) is 0.173. The summed E-state index contributed by atoms with van der Waals surface area (Å²) >= 11 is 0. The first-order valence-corrected chi connectivity index (χ1v) is 18.6. The number of para-hydroxylation sites is 3. The maximum atomic E-state index is 5.59. The highest BCUT2D eigenvalue weighted by molar-refractivity contribution is 6.18. The largest absolute Gasteiger partial charge is 0.316 e. The van der Waals surface area contributed by atoms with Crippen molar-refractivity contribution in [3.05, 3.63) is 200 Å². The molecular weight excluding hydrogens is 671 g/mol. The van der Waals surface area contributed by atoms with Crippen LogP contribution in [-0.4, -0.2) is 23.7 Å². The van der Waals surface area contributed by atoms with Gasteiger partial charge in [-0.1, -0.05) is 121 Å². The van der Waals surface area contributed by atoms with Crippen molar-refractivity contribution in [2.24, 2.45) is 0 Å². The molecule has 0 fully saturated rings. The SMILES string of the molecule is c1ccc(-c2cc(-c3ccccc3)cc(-c3nc(-n4c5ccccc5c5ccc6c(ccn6-c6ccccc6)c54)nc4c3ccn4-c3ccccc3)c2)cc1. The van der Waals surface area contributed by atoms with Gasteiger partial charge in [-0.3, -0.25) is 4.57 Å². The summed E-state index contributed by atoms with van der Waals surface area (Å²) in [5.74, 6) is 0.621. The summed E-state index contributed by atoms with van der Waals surface area (Å²) < 4.78 is 6.71. The van der Waals surface area contributed by atoms with Crippen LogP contribution in [0.1, 0.15) is 0 Å². The Morgan fingerprint density at radius 1 is 0.345 bits per heavy atom. The van der Waals surface area contributed by atoms with Crippen molar-refractivity contribution in [1.29, 1.82) is 0 Å². The molecule has 0 N–H and O–H groups in total. The molecule has 258 valence electrons. The van der Waals surface area contributed by atoms with Gasteiger partial charge in [0.05, 0.1) is 22.2 Å². The van der Waals surface area contributed by atoms with Crippen molar-refractivity contribution in [2.75, 3.05) is 0 Å². The van der Waals surface area contributed by atoms with Gasteiger partial charge in [0, 0.05) is 50.9 Å². The molecule has 0 spiro atoms. The number of benzene rings is 7. The van der Waals surface area contributed by atoms with Crippen LogP contribution >= 0.6 is 0 Å². The Labute approximate surface area is 317 Å². The normalized spacial score (nSPS) is 11.6. The third-order valence-corrected chi connectivity index (χ3v) is 10.7. The Balaban J connectivity index is 1.24. The lowest BCUT2D eigenvalue weighted by Gasteiger charge is -2.14. The lowest BCUT2D eigenvalue weighted by molar-refractivity contribution is 0.990. The highest BCUT2D eigenvalue weighted by Gasteiger charge is 2.22. The van der Waals surface area contributed by atoms with Crippen molar-refractivity contribution >= 4 is 43.7 Å². The summed E-state index contributed by atoms with van der Waals surface area (Å²) in [6.45, 7) is 0. The fraction of sp³-hybridized carbons (Fsp3) is 0. The molecule has 0 saturated heterocycles. The standard InChI is InChI=1S/C50H33N5/c1-5-15-34(16-6-1)36-31-37(35-17-7-2-8-18-35)33-38(32-36)47-44-28-30-54(40-21-11-4-12-22-40)49(44)52-50(51-47)55-46-24-14-13-23-41(46)42-25-26-45-43(48(42)55)27-29-53(45)39-19-9-3-10-20-39/h1-33H. The van der Waals surface area contributed by atoms with Gasteiger partial charge in [-0.05, 0) is 89.0 Å². The molecule has 4 aromatic heterocycles. The molecule has 5 nitrogen and oxygen atoms in total. The second kappa shape index (κ2) is 12.6. The molecule has 55 heavy (non-hydrogen) atoms. The zero-order valence-electron chi connectivity index (χ0n) is 29.8. The molecule has 11 aromatic rings. The van der Waals surface area contributed by atoms with Crippen LogP contribution in [0.3, 0.4) is 0 Å². The minimum absolute atomic E-state index is 0.621. The molecule has 0 aliphatic carbocycles. The van der Waals surface area contributed by atoms with E-state index in [2.05, 4.69) is 208 Å². The molecule has 0 radical (unpaired) electrons. The van der Waals surface area contributed by atoms with Gasteiger partial charge in [-0.2, -0.15) is 4.98 Å². The van der Waals surface area contributed by atoms with Crippen LogP contribution < -0.4 is 0 Å². The molecule has 0 aliphatic rings. The third-order valence-electron chi connectivity index (χ3n) is 10.7. The van der Waals surface area contributed by atoms with Crippen LogP contribution in [0.4, 0.5) is 0 Å². The monoisotopic (exact) mass is 703 g/mol. The number of hydrogen-bond donors (Lipinski definition) is 0. The van der Waals surface area contributed by atoms with Crippen LogP contribution in [0, 0.1) is 0 Å². The second-order valence-electron chi connectivity index (χ2n) is 13.9. The molecule has 7 aromatic carbocycles. The van der Waals surface area contributed by atoms with E-state index in [1.807, 2.05) is 6.07 Å². The number of fused-ring (bicyclic) bond motifs is 6. The number of rotatable bonds is 6. The van der Waals surface area contributed by atoms with E-state index in [4.69, 9.17) is 9.97 Å². The van der Waals surface area contributed by atoms with Gasteiger partial charge in [0.2, 0.25) is 5.95 Å². The average Bonchev–Trinajstić information content (AvgIpc) is 3.99. The minimum Gasteiger partial charge on any atom is -0.316 e. The van der Waals surface area contributed by atoms with E-state index in [-0.39, 0.29) is 0 Å². The summed E-state index contributed by atoms with van der Waals surface area (Å²) in [7, 11) is 0. The van der Waals surface area contributed by atoms with E-state index in [9.17, 15) is 0 Å². The molecule has 0 bridgehead atoms. The van der Waals surface area contributed by atoms with Crippen molar-refractivity contribution in [2.45, 2.75) is 0 Å². The van der Waals surface area contributed by atoms with E-state index in [1.54, 1.807) is 0 Å².